The summed E-state index contributed by atoms with van der Waals surface area (Å²) in [6.45, 7) is 5.13. The summed E-state index contributed by atoms with van der Waals surface area (Å²) in [7, 11) is 3.32. The lowest BCUT2D eigenvalue weighted by Gasteiger charge is -2.30. The van der Waals surface area contributed by atoms with Gasteiger partial charge in [0.25, 0.3) is 0 Å². The minimum absolute atomic E-state index is 0.0412. The summed E-state index contributed by atoms with van der Waals surface area (Å²) < 4.78 is 5.22. The molecule has 2 aliphatic carbocycles. The van der Waals surface area contributed by atoms with Gasteiger partial charge in [-0.25, -0.2) is 0 Å². The predicted molar refractivity (Wildman–Crippen MR) is 59.6 cm³/mol. The Morgan fingerprint density at radius 3 is 2.60 bits per heavy atom. The monoisotopic (exact) mass is 223 g/mol. The molecular weight excluding hydrogens is 204 g/mol. The quantitative estimate of drug-likeness (QED) is 0.540. The van der Waals surface area contributed by atoms with Gasteiger partial charge >= 0.3 is 5.97 Å². The van der Waals surface area contributed by atoms with Crippen LogP contribution < -0.4 is 0 Å². The van der Waals surface area contributed by atoms with E-state index in [2.05, 4.69) is 24.1 Å². The van der Waals surface area contributed by atoms with Crippen molar-refractivity contribution < 1.29 is 9.53 Å². The van der Waals surface area contributed by atoms with Crippen LogP contribution >= 0.6 is 0 Å². The number of ether oxygens (including phenoxy) is 1. The zero-order valence-electron chi connectivity index (χ0n) is 9.53. The summed E-state index contributed by atoms with van der Waals surface area (Å²) >= 11 is 0. The third kappa shape index (κ3) is 1.86. The standard InChI is InChI=1S/C12H19O2Si/c1-7-8(2)10-5-9(7)6-11(10)12(13)14-3-4-15/h7-11H,3-6H2,1-2H3. The zero-order chi connectivity index (χ0) is 11.0. The van der Waals surface area contributed by atoms with Crippen molar-refractivity contribution in [2.75, 3.05) is 6.61 Å². The van der Waals surface area contributed by atoms with Crippen molar-refractivity contribution in [3.05, 3.63) is 0 Å². The maximum Gasteiger partial charge on any atom is 0.309 e. The highest BCUT2D eigenvalue weighted by Crippen LogP contribution is 2.55. The normalized spacial score (nSPS) is 43.3. The van der Waals surface area contributed by atoms with Crippen LogP contribution in [0.25, 0.3) is 0 Å². The number of carbonyl (C=O) groups excluding carboxylic acids is 1. The molecule has 0 aromatic carbocycles. The lowest BCUT2D eigenvalue weighted by atomic mass is 9.76. The molecule has 0 N–H and O–H groups in total. The lowest BCUT2D eigenvalue weighted by Crippen LogP contribution is -2.31. The topological polar surface area (TPSA) is 26.3 Å². The number of rotatable bonds is 3. The fourth-order valence-electron chi connectivity index (χ4n) is 3.47. The molecule has 3 heteroatoms. The molecule has 2 saturated carbocycles. The number of carbonyl (C=O) groups is 1. The molecular formula is C12H19O2Si. The molecule has 0 amide bonds. The summed E-state index contributed by atoms with van der Waals surface area (Å²) in [6, 6.07) is 0.735. The summed E-state index contributed by atoms with van der Waals surface area (Å²) in [5.41, 5.74) is 0. The van der Waals surface area contributed by atoms with E-state index in [1.807, 2.05) is 0 Å². The highest BCUT2D eigenvalue weighted by molar-refractivity contribution is 6.08. The molecule has 15 heavy (non-hydrogen) atoms. The molecule has 2 bridgehead atoms. The maximum atomic E-state index is 11.8. The van der Waals surface area contributed by atoms with Crippen LogP contribution in [-0.4, -0.2) is 22.8 Å². The molecule has 2 rings (SSSR count). The van der Waals surface area contributed by atoms with E-state index < -0.39 is 0 Å². The number of esters is 1. The Morgan fingerprint density at radius 1 is 1.33 bits per heavy atom. The molecule has 2 fully saturated rings. The third-order valence-electron chi connectivity index (χ3n) is 4.55. The van der Waals surface area contributed by atoms with E-state index in [0.717, 1.165) is 24.3 Å². The van der Waals surface area contributed by atoms with E-state index in [1.54, 1.807) is 0 Å². The molecule has 0 spiro atoms. The lowest BCUT2D eigenvalue weighted by molar-refractivity contribution is -0.150. The van der Waals surface area contributed by atoms with Gasteiger partial charge in [-0.3, -0.25) is 4.79 Å². The number of hydrogen-bond acceptors (Lipinski definition) is 2. The maximum absolute atomic E-state index is 11.8. The highest BCUT2D eigenvalue weighted by atomic mass is 28.1. The first-order chi connectivity index (χ1) is 7.15. The Labute approximate surface area is 95.2 Å². The third-order valence-corrected chi connectivity index (χ3v) is 4.75. The second kappa shape index (κ2) is 4.28. The van der Waals surface area contributed by atoms with E-state index in [9.17, 15) is 4.79 Å². The van der Waals surface area contributed by atoms with Crippen LogP contribution in [0.3, 0.4) is 0 Å². The zero-order valence-corrected chi connectivity index (χ0v) is 10.5. The van der Waals surface area contributed by atoms with Crippen LogP contribution in [0.1, 0.15) is 26.7 Å². The Morgan fingerprint density at radius 2 is 2.07 bits per heavy atom. The largest absolute Gasteiger partial charge is 0.466 e. The van der Waals surface area contributed by atoms with Crippen molar-refractivity contribution in [1.29, 1.82) is 0 Å². The molecule has 5 unspecified atom stereocenters. The Hall–Kier alpha value is -0.313. The molecule has 5 atom stereocenters. The van der Waals surface area contributed by atoms with Crippen LogP contribution in [-0.2, 0) is 9.53 Å². The van der Waals surface area contributed by atoms with Gasteiger partial charge in [0.1, 0.15) is 0 Å². The first-order valence-electron chi connectivity index (χ1n) is 5.96. The first kappa shape index (κ1) is 11.2. The molecule has 0 heterocycles. The molecule has 2 nitrogen and oxygen atoms in total. The fraction of sp³-hybridized carbons (Fsp3) is 0.917. The highest BCUT2D eigenvalue weighted by Gasteiger charge is 2.51. The van der Waals surface area contributed by atoms with Gasteiger partial charge in [0, 0.05) is 10.2 Å². The molecule has 0 saturated heterocycles. The van der Waals surface area contributed by atoms with Crippen molar-refractivity contribution in [3.63, 3.8) is 0 Å². The van der Waals surface area contributed by atoms with E-state index in [1.165, 1.54) is 6.42 Å². The summed E-state index contributed by atoms with van der Waals surface area (Å²) in [4.78, 5) is 11.8. The van der Waals surface area contributed by atoms with Gasteiger partial charge in [0.05, 0.1) is 12.5 Å². The Kier molecular flexibility index (Phi) is 3.19. The summed E-state index contributed by atoms with van der Waals surface area (Å²) in [5.74, 6) is 3.09. The van der Waals surface area contributed by atoms with Crippen LogP contribution in [0.4, 0.5) is 0 Å². The van der Waals surface area contributed by atoms with Gasteiger partial charge in [0.15, 0.2) is 0 Å². The van der Waals surface area contributed by atoms with Crippen molar-refractivity contribution in [2.24, 2.45) is 29.6 Å². The van der Waals surface area contributed by atoms with E-state index in [4.69, 9.17) is 4.74 Å². The minimum Gasteiger partial charge on any atom is -0.466 e. The van der Waals surface area contributed by atoms with Gasteiger partial charge in [-0.05, 0) is 42.6 Å². The van der Waals surface area contributed by atoms with Crippen molar-refractivity contribution in [1.82, 2.24) is 0 Å². The van der Waals surface area contributed by atoms with Crippen molar-refractivity contribution >= 4 is 16.2 Å². The average Bonchev–Trinajstić information content (AvgIpc) is 2.77. The van der Waals surface area contributed by atoms with E-state index in [-0.39, 0.29) is 11.9 Å². The second-order valence-electron chi connectivity index (χ2n) is 5.14. The van der Waals surface area contributed by atoms with Gasteiger partial charge in [-0.2, -0.15) is 0 Å². The van der Waals surface area contributed by atoms with Crippen molar-refractivity contribution in [2.45, 2.75) is 32.7 Å². The fourth-order valence-corrected chi connectivity index (χ4v) is 3.57. The van der Waals surface area contributed by atoms with Gasteiger partial charge < -0.3 is 4.74 Å². The predicted octanol–water partition coefficient (Wildman–Crippen LogP) is 2.04. The van der Waals surface area contributed by atoms with Gasteiger partial charge in [-0.15, -0.1) is 0 Å². The molecule has 83 valence electrons. The molecule has 2 aliphatic rings. The second-order valence-corrected chi connectivity index (χ2v) is 5.64. The van der Waals surface area contributed by atoms with Crippen LogP contribution in [0.15, 0.2) is 0 Å². The van der Waals surface area contributed by atoms with E-state index >= 15 is 0 Å². The van der Waals surface area contributed by atoms with Crippen LogP contribution in [0, 0.1) is 29.6 Å². The molecule has 0 aromatic heterocycles. The minimum atomic E-state index is 0.0412. The molecule has 0 aromatic rings. The SMILES string of the molecule is CC1C2CC(C(=O)OCC[Si])C(C2)C1C. The summed E-state index contributed by atoms with van der Waals surface area (Å²) in [5, 5.41) is 0. The van der Waals surface area contributed by atoms with E-state index in [0.29, 0.717) is 18.4 Å². The van der Waals surface area contributed by atoms with Crippen molar-refractivity contribution in [3.8, 4) is 0 Å². The summed E-state index contributed by atoms with van der Waals surface area (Å²) in [6.07, 6.45) is 2.31. The Bertz CT molecular complexity index is 252. The van der Waals surface area contributed by atoms with Crippen LogP contribution in [0.5, 0.6) is 0 Å². The van der Waals surface area contributed by atoms with Gasteiger partial charge in [-0.1, -0.05) is 13.8 Å². The Balaban J connectivity index is 1.94. The first-order valence-corrected chi connectivity index (χ1v) is 6.67. The average molecular weight is 223 g/mol. The molecule has 3 radical (unpaired) electrons. The molecule has 0 aliphatic heterocycles. The number of hydrogen-bond donors (Lipinski definition) is 0. The number of fused-ring (bicyclic) bond motifs is 2. The smallest absolute Gasteiger partial charge is 0.309 e. The van der Waals surface area contributed by atoms with Gasteiger partial charge in [0.2, 0.25) is 0 Å². The van der Waals surface area contributed by atoms with Crippen LogP contribution in [0.2, 0.25) is 6.04 Å².